The normalized spacial score (nSPS) is 18.9. The van der Waals surface area contributed by atoms with Gasteiger partial charge in [-0.25, -0.2) is 0 Å². The Bertz CT molecular complexity index is 579. The van der Waals surface area contributed by atoms with Crippen molar-refractivity contribution >= 4 is 11.5 Å². The van der Waals surface area contributed by atoms with Crippen LogP contribution in [0, 0.1) is 10.1 Å². The second-order valence-corrected chi connectivity index (χ2v) is 4.96. The number of nitro groups is 1. The van der Waals surface area contributed by atoms with Crippen molar-refractivity contribution in [3.05, 3.63) is 51.7 Å². The fourth-order valence-electron chi connectivity index (χ4n) is 2.16. The molecular formula is C15H18N2O5. The summed E-state index contributed by atoms with van der Waals surface area (Å²) in [6.45, 7) is 0.709. The van der Waals surface area contributed by atoms with E-state index in [1.807, 2.05) is 0 Å². The van der Waals surface area contributed by atoms with Gasteiger partial charge in [-0.05, 0) is 25.3 Å². The van der Waals surface area contributed by atoms with Crippen LogP contribution in [0.1, 0.15) is 29.6 Å². The van der Waals surface area contributed by atoms with Crippen LogP contribution in [0.3, 0.4) is 0 Å². The molecule has 1 aromatic carbocycles. The molecule has 1 fully saturated rings. The molecule has 2 rings (SSSR count). The Kier molecular flexibility index (Phi) is 5.62. The highest BCUT2D eigenvalue weighted by Gasteiger charge is 2.18. The van der Waals surface area contributed by atoms with E-state index in [2.05, 4.69) is 0 Å². The Morgan fingerprint density at radius 3 is 2.91 bits per heavy atom. The lowest BCUT2D eigenvalue weighted by molar-refractivity contribution is -0.385. The number of nitrogens with zero attached hydrogens (tertiary/aromatic N) is 1. The van der Waals surface area contributed by atoms with E-state index >= 15 is 0 Å². The van der Waals surface area contributed by atoms with Crippen LogP contribution in [0.25, 0.3) is 0 Å². The van der Waals surface area contributed by atoms with E-state index in [0.717, 1.165) is 25.3 Å². The third-order valence-electron chi connectivity index (χ3n) is 3.26. The first-order valence-corrected chi connectivity index (χ1v) is 7.05. The van der Waals surface area contributed by atoms with Crippen molar-refractivity contribution in [1.29, 1.82) is 0 Å². The van der Waals surface area contributed by atoms with Crippen LogP contribution in [0.4, 0.5) is 5.69 Å². The van der Waals surface area contributed by atoms with E-state index in [0.29, 0.717) is 6.61 Å². The molecule has 1 aliphatic rings. The van der Waals surface area contributed by atoms with Gasteiger partial charge in [-0.1, -0.05) is 12.1 Å². The van der Waals surface area contributed by atoms with Gasteiger partial charge in [-0.15, -0.1) is 0 Å². The Morgan fingerprint density at radius 2 is 2.23 bits per heavy atom. The van der Waals surface area contributed by atoms with Gasteiger partial charge in [0, 0.05) is 24.4 Å². The maximum absolute atomic E-state index is 12.1. The SMILES string of the molecule is N/C(=C\C(=O)c1ccccc1[N+](=O)[O-])COC1CCCCO1. The summed E-state index contributed by atoms with van der Waals surface area (Å²) in [6.07, 6.45) is 3.70. The monoisotopic (exact) mass is 306 g/mol. The molecule has 0 saturated carbocycles. The van der Waals surface area contributed by atoms with E-state index in [-0.39, 0.29) is 29.8 Å². The number of nitrogens with two attached hydrogens (primary N) is 1. The first kappa shape index (κ1) is 16.1. The number of allylic oxidation sites excluding steroid dienone is 1. The van der Waals surface area contributed by atoms with Crippen LogP contribution in [0.5, 0.6) is 0 Å². The molecular weight excluding hydrogens is 288 g/mol. The zero-order valence-corrected chi connectivity index (χ0v) is 12.1. The molecule has 1 aliphatic heterocycles. The van der Waals surface area contributed by atoms with E-state index in [4.69, 9.17) is 15.2 Å². The fraction of sp³-hybridized carbons (Fsp3) is 0.400. The van der Waals surface area contributed by atoms with Crippen LogP contribution in [-0.4, -0.2) is 30.2 Å². The zero-order valence-electron chi connectivity index (χ0n) is 12.1. The number of para-hydroxylation sites is 1. The molecule has 0 spiro atoms. The number of carbonyl (C=O) groups is 1. The number of ketones is 1. The Hall–Kier alpha value is -2.25. The number of hydrogen-bond donors (Lipinski definition) is 1. The molecule has 7 heteroatoms. The van der Waals surface area contributed by atoms with Gasteiger partial charge in [0.1, 0.15) is 0 Å². The molecule has 1 saturated heterocycles. The van der Waals surface area contributed by atoms with Gasteiger partial charge in [0.05, 0.1) is 17.1 Å². The molecule has 0 amide bonds. The van der Waals surface area contributed by atoms with Gasteiger partial charge in [-0.2, -0.15) is 0 Å². The second kappa shape index (κ2) is 7.67. The summed E-state index contributed by atoms with van der Waals surface area (Å²) in [7, 11) is 0. The average Bonchev–Trinajstić information content (AvgIpc) is 2.54. The maximum Gasteiger partial charge on any atom is 0.280 e. The zero-order chi connectivity index (χ0) is 15.9. The molecule has 0 radical (unpaired) electrons. The first-order chi connectivity index (χ1) is 10.6. The first-order valence-electron chi connectivity index (χ1n) is 7.05. The van der Waals surface area contributed by atoms with Crippen LogP contribution in [0.2, 0.25) is 0 Å². The number of benzene rings is 1. The Morgan fingerprint density at radius 1 is 1.45 bits per heavy atom. The molecule has 7 nitrogen and oxygen atoms in total. The van der Waals surface area contributed by atoms with Gasteiger partial charge >= 0.3 is 0 Å². The van der Waals surface area contributed by atoms with Crippen molar-refractivity contribution in [2.24, 2.45) is 5.73 Å². The number of hydrogen-bond acceptors (Lipinski definition) is 6. The smallest absolute Gasteiger partial charge is 0.280 e. The highest BCUT2D eigenvalue weighted by Crippen LogP contribution is 2.19. The van der Waals surface area contributed by atoms with Gasteiger partial charge < -0.3 is 15.2 Å². The lowest BCUT2D eigenvalue weighted by atomic mass is 10.1. The van der Waals surface area contributed by atoms with Crippen molar-refractivity contribution in [1.82, 2.24) is 0 Å². The van der Waals surface area contributed by atoms with E-state index in [1.54, 1.807) is 6.07 Å². The summed E-state index contributed by atoms with van der Waals surface area (Å²) in [6, 6.07) is 5.75. The highest BCUT2D eigenvalue weighted by atomic mass is 16.7. The van der Waals surface area contributed by atoms with Crippen molar-refractivity contribution in [2.75, 3.05) is 13.2 Å². The van der Waals surface area contributed by atoms with Crippen LogP contribution < -0.4 is 5.73 Å². The lowest BCUT2D eigenvalue weighted by Gasteiger charge is -2.22. The second-order valence-electron chi connectivity index (χ2n) is 4.96. The Labute approximate surface area is 127 Å². The number of ether oxygens (including phenoxy) is 2. The predicted molar refractivity (Wildman–Crippen MR) is 79.2 cm³/mol. The van der Waals surface area contributed by atoms with Crippen molar-refractivity contribution in [3.8, 4) is 0 Å². The van der Waals surface area contributed by atoms with Crippen molar-refractivity contribution < 1.29 is 19.2 Å². The third-order valence-corrected chi connectivity index (χ3v) is 3.26. The topological polar surface area (TPSA) is 105 Å². The van der Waals surface area contributed by atoms with Gasteiger partial charge in [0.2, 0.25) is 0 Å². The quantitative estimate of drug-likeness (QED) is 0.374. The van der Waals surface area contributed by atoms with Crippen molar-refractivity contribution in [2.45, 2.75) is 25.6 Å². The summed E-state index contributed by atoms with van der Waals surface area (Å²) in [5.41, 5.74) is 5.71. The number of nitro benzene ring substituents is 1. The molecule has 0 aliphatic carbocycles. The summed E-state index contributed by atoms with van der Waals surface area (Å²) >= 11 is 0. The third kappa shape index (κ3) is 4.37. The van der Waals surface area contributed by atoms with Gasteiger partial charge in [0.25, 0.3) is 5.69 Å². The highest BCUT2D eigenvalue weighted by molar-refractivity contribution is 6.07. The molecule has 0 aromatic heterocycles. The average molecular weight is 306 g/mol. The minimum atomic E-state index is -0.594. The molecule has 1 atom stereocenters. The van der Waals surface area contributed by atoms with Crippen molar-refractivity contribution in [3.63, 3.8) is 0 Å². The fourth-order valence-corrected chi connectivity index (χ4v) is 2.16. The summed E-state index contributed by atoms with van der Waals surface area (Å²) in [4.78, 5) is 22.4. The van der Waals surface area contributed by atoms with Gasteiger partial charge in [0.15, 0.2) is 12.1 Å². The maximum atomic E-state index is 12.1. The largest absolute Gasteiger partial charge is 0.400 e. The minimum absolute atomic E-state index is 0.00404. The lowest BCUT2D eigenvalue weighted by Crippen LogP contribution is -2.24. The molecule has 118 valence electrons. The molecule has 0 bridgehead atoms. The number of carbonyl (C=O) groups excluding carboxylic acids is 1. The van der Waals surface area contributed by atoms with Crippen LogP contribution >= 0.6 is 0 Å². The van der Waals surface area contributed by atoms with Crippen LogP contribution in [0.15, 0.2) is 36.0 Å². The Balaban J connectivity index is 1.98. The minimum Gasteiger partial charge on any atom is -0.400 e. The summed E-state index contributed by atoms with van der Waals surface area (Å²) in [5.74, 6) is -0.516. The van der Waals surface area contributed by atoms with E-state index in [1.165, 1.54) is 18.2 Å². The standard InChI is InChI=1S/C15H18N2O5/c16-11(10-22-15-7-3-4-8-21-15)9-14(18)12-5-1-2-6-13(12)17(19)20/h1-2,5-6,9,15H,3-4,7-8,10,16H2/b11-9-. The predicted octanol–water partition coefficient (Wildman–Crippen LogP) is 2.16. The summed E-state index contributed by atoms with van der Waals surface area (Å²) < 4.78 is 10.8. The molecule has 1 unspecified atom stereocenters. The molecule has 2 N–H and O–H groups in total. The number of rotatable bonds is 6. The molecule has 22 heavy (non-hydrogen) atoms. The van der Waals surface area contributed by atoms with E-state index in [9.17, 15) is 14.9 Å². The molecule has 1 heterocycles. The van der Waals surface area contributed by atoms with E-state index < -0.39 is 10.7 Å². The molecule has 1 aromatic rings. The van der Waals surface area contributed by atoms with Crippen LogP contribution in [-0.2, 0) is 9.47 Å². The van der Waals surface area contributed by atoms with Gasteiger partial charge in [-0.3, -0.25) is 14.9 Å². The summed E-state index contributed by atoms with van der Waals surface area (Å²) in [5, 5.41) is 10.9.